The molecule has 6 aromatic carbocycles. The Morgan fingerprint density at radius 3 is 1.06 bits per heavy atom. The van der Waals surface area contributed by atoms with Gasteiger partial charge in [-0.2, -0.15) is 18.2 Å². The van der Waals surface area contributed by atoms with Gasteiger partial charge in [0.15, 0.2) is 0 Å². The van der Waals surface area contributed by atoms with Crippen molar-refractivity contribution in [2.75, 3.05) is 0 Å². The summed E-state index contributed by atoms with van der Waals surface area (Å²) < 4.78 is 3.58. The first-order chi connectivity index (χ1) is 24.0. The van der Waals surface area contributed by atoms with Crippen LogP contribution in [0.15, 0.2) is 109 Å². The number of fused-ring (bicyclic) bond motifs is 3. The van der Waals surface area contributed by atoms with E-state index in [-0.39, 0.29) is 21.7 Å². The Bertz CT molecular complexity index is 1970. The van der Waals surface area contributed by atoms with E-state index in [4.69, 9.17) is 17.0 Å². The van der Waals surface area contributed by atoms with E-state index >= 15 is 0 Å². The summed E-state index contributed by atoms with van der Waals surface area (Å²) in [6.07, 6.45) is 0. The zero-order chi connectivity index (χ0) is 38.8. The molecule has 0 radical (unpaired) electrons. The zero-order valence-electron chi connectivity index (χ0n) is 32.9. The van der Waals surface area contributed by atoms with Gasteiger partial charge in [0.25, 0.3) is 0 Å². The van der Waals surface area contributed by atoms with Gasteiger partial charge in [-0.1, -0.05) is 117 Å². The van der Waals surface area contributed by atoms with Crippen LogP contribution in [0.4, 0.5) is 0 Å². The average molecular weight is 1030 g/mol. The molecule has 0 aliphatic carbocycles. The van der Waals surface area contributed by atoms with E-state index in [1.54, 1.807) is 0 Å². The number of benzene rings is 4. The van der Waals surface area contributed by atoms with Gasteiger partial charge in [-0.25, -0.2) is 12.1 Å². The molecule has 0 spiro atoms. The summed E-state index contributed by atoms with van der Waals surface area (Å²) in [6, 6.07) is 39.0. The summed E-state index contributed by atoms with van der Waals surface area (Å²) in [7, 11) is 12.6. The van der Waals surface area contributed by atoms with E-state index in [0.29, 0.717) is 0 Å². The van der Waals surface area contributed by atoms with Gasteiger partial charge in [0, 0.05) is 0 Å². The predicted octanol–water partition coefficient (Wildman–Crippen LogP) is 15.7. The molecule has 6 aromatic rings. The molecule has 0 N–H and O–H groups in total. The standard InChI is InChI=1S/C29H41.C13H8I2.C5H5.2ClH.Zr/c1-26(2,3)22-14-18-13-19-15-23(27(4,5)6)25(29(10,11)12)17-21(19)20(18)16-24(22)28(7,8)9;14-12-5-1-10(2-6-12)9-11-3-7-13(15)8-4-11;1-2-4-5-3-1;;;/h13-17H,1-12H3;1-8H;1-5H;2*1H;/q-1;;-1;;;+2/p-2. The van der Waals surface area contributed by atoms with Crippen LogP contribution in [-0.2, 0) is 40.5 Å². The van der Waals surface area contributed by atoms with Crippen LogP contribution in [-0.4, -0.2) is 3.21 Å². The van der Waals surface area contributed by atoms with Gasteiger partial charge >= 0.3 is 151 Å². The summed E-state index contributed by atoms with van der Waals surface area (Å²) in [4.78, 5) is 0. The van der Waals surface area contributed by atoms with E-state index in [1.165, 1.54) is 50.9 Å². The van der Waals surface area contributed by atoms with E-state index in [0.717, 1.165) is 14.3 Å². The van der Waals surface area contributed by atoms with Crippen LogP contribution < -0.4 is 0 Å². The third kappa shape index (κ3) is 11.2. The van der Waals surface area contributed by atoms with Gasteiger partial charge in [0.1, 0.15) is 0 Å². The number of rotatable bonds is 2. The van der Waals surface area contributed by atoms with E-state index in [2.05, 4.69) is 207 Å². The number of hydrogen-bond acceptors (Lipinski definition) is 0. The molecule has 276 valence electrons. The molecule has 6 rings (SSSR count). The maximum absolute atomic E-state index is 6.31. The molecule has 0 heterocycles. The second-order valence-electron chi connectivity index (χ2n) is 17.7. The molecular formula is C47H54Cl2I2Zr-2. The van der Waals surface area contributed by atoms with Crippen LogP contribution in [0.5, 0.6) is 0 Å². The summed E-state index contributed by atoms with van der Waals surface area (Å²) in [5.74, 6) is 0. The molecule has 0 unspecified atom stereocenters. The van der Waals surface area contributed by atoms with Crippen molar-refractivity contribution in [2.45, 2.75) is 105 Å². The van der Waals surface area contributed by atoms with Crippen LogP contribution in [0.25, 0.3) is 21.5 Å². The second kappa shape index (κ2) is 17.4. The maximum atomic E-state index is 6.31. The van der Waals surface area contributed by atoms with Gasteiger partial charge in [0.2, 0.25) is 0 Å². The van der Waals surface area contributed by atoms with Crippen molar-refractivity contribution in [3.05, 3.63) is 150 Å². The smallest absolute Gasteiger partial charge is 0.172 e. The first kappa shape index (κ1) is 43.6. The van der Waals surface area contributed by atoms with Crippen molar-refractivity contribution in [1.29, 1.82) is 0 Å². The van der Waals surface area contributed by atoms with E-state index < -0.39 is 18.9 Å². The van der Waals surface area contributed by atoms with Gasteiger partial charge in [-0.3, -0.25) is 0 Å². The van der Waals surface area contributed by atoms with Crippen LogP contribution in [0.2, 0.25) is 0 Å². The molecule has 0 bridgehead atoms. The van der Waals surface area contributed by atoms with Crippen molar-refractivity contribution in [3.8, 4) is 0 Å². The molecule has 0 aliphatic rings. The number of halogens is 4. The zero-order valence-corrected chi connectivity index (χ0v) is 41.2. The summed E-state index contributed by atoms with van der Waals surface area (Å²) in [5, 5.41) is 5.57. The Balaban J connectivity index is 0.000000221. The SMILES string of the molecule is CC(C)(C)c1cc2[cH-]c3cc(C(C)(C)C)c(C(C)(C)C)cc3c2cc1C(C)(C)C.[Cl][Zr]([Cl])=[C](c1ccc(I)cc1)c1ccc(I)cc1.c1cc[cH-]c1. The molecule has 0 aromatic heterocycles. The minimum atomic E-state index is -2.49. The Hall–Kier alpha value is -1.11. The van der Waals surface area contributed by atoms with Crippen molar-refractivity contribution in [1.82, 2.24) is 0 Å². The molecule has 5 heteroatoms. The van der Waals surface area contributed by atoms with Gasteiger partial charge in [-0.05, 0) is 21.7 Å². The molecule has 0 saturated carbocycles. The van der Waals surface area contributed by atoms with Crippen LogP contribution in [0, 0.1) is 7.14 Å². The minimum absolute atomic E-state index is 0.124. The molecule has 0 atom stereocenters. The Morgan fingerprint density at radius 1 is 0.500 bits per heavy atom. The average Bonchev–Trinajstić information content (AvgIpc) is 3.72. The van der Waals surface area contributed by atoms with Gasteiger partial charge < -0.3 is 0 Å². The predicted molar refractivity (Wildman–Crippen MR) is 247 cm³/mol. The fraction of sp³-hybridized carbons (Fsp3) is 0.340. The van der Waals surface area contributed by atoms with E-state index in [1.807, 2.05) is 30.3 Å². The van der Waals surface area contributed by atoms with Crippen LogP contribution >= 0.6 is 62.2 Å². The van der Waals surface area contributed by atoms with Crippen molar-refractivity contribution >= 4 is 87.0 Å². The minimum Gasteiger partial charge on any atom is -0.214 e. The number of hydrogen-bond donors (Lipinski definition) is 0. The molecule has 0 aliphatic heterocycles. The molecule has 0 fully saturated rings. The Labute approximate surface area is 356 Å². The largest absolute Gasteiger partial charge is 0.214 e. The van der Waals surface area contributed by atoms with Crippen LogP contribution in [0.3, 0.4) is 0 Å². The van der Waals surface area contributed by atoms with E-state index in [9.17, 15) is 0 Å². The first-order valence-electron chi connectivity index (χ1n) is 18.0. The summed E-state index contributed by atoms with van der Waals surface area (Å²) >= 11 is 2.11. The maximum Gasteiger partial charge on any atom is -0.172 e. The topological polar surface area (TPSA) is 0 Å². The fourth-order valence-electron chi connectivity index (χ4n) is 6.53. The first-order valence-corrected chi connectivity index (χ1v) is 27.7. The van der Waals surface area contributed by atoms with Crippen molar-refractivity contribution < 1.29 is 18.9 Å². The Morgan fingerprint density at radius 2 is 0.808 bits per heavy atom. The summed E-state index contributed by atoms with van der Waals surface area (Å²) in [6.45, 7) is 28.0. The third-order valence-corrected chi connectivity index (χ3v) is 15.2. The molecule has 0 saturated heterocycles. The van der Waals surface area contributed by atoms with Gasteiger partial charge in [0.05, 0.1) is 0 Å². The van der Waals surface area contributed by atoms with Crippen LogP contribution in [0.1, 0.15) is 116 Å². The second-order valence-corrected chi connectivity index (χ2v) is 28.3. The van der Waals surface area contributed by atoms with Crippen molar-refractivity contribution in [3.63, 3.8) is 0 Å². The molecule has 0 nitrogen and oxygen atoms in total. The third-order valence-electron chi connectivity index (χ3n) is 9.22. The van der Waals surface area contributed by atoms with Crippen molar-refractivity contribution in [2.24, 2.45) is 0 Å². The molecule has 52 heavy (non-hydrogen) atoms. The fourth-order valence-corrected chi connectivity index (χ4v) is 11.7. The monoisotopic (exact) mass is 1030 g/mol. The van der Waals surface area contributed by atoms with Gasteiger partial charge in [-0.15, -0.1) is 39.7 Å². The normalized spacial score (nSPS) is 12.2. The Kier molecular flexibility index (Phi) is 14.6. The summed E-state index contributed by atoms with van der Waals surface area (Å²) in [5.41, 5.74) is 8.70. The molecule has 0 amide bonds. The quantitative estimate of drug-likeness (QED) is 0.120. The molecular weight excluding hydrogens is 980 g/mol.